The molecule has 2 amide bonds. The number of hydrogen-bond acceptors (Lipinski definition) is 5. The molecular formula is C37H46N6O2. The summed E-state index contributed by atoms with van der Waals surface area (Å²) >= 11 is 0. The molecule has 2 heterocycles. The highest BCUT2D eigenvalue weighted by atomic mass is 16.5. The predicted octanol–water partition coefficient (Wildman–Crippen LogP) is 7.13. The largest absolute Gasteiger partial charge is 0.379 e. The van der Waals surface area contributed by atoms with Crippen LogP contribution in [0.3, 0.4) is 0 Å². The molecule has 1 aromatic heterocycles. The number of anilines is 2. The van der Waals surface area contributed by atoms with E-state index in [4.69, 9.17) is 9.84 Å². The van der Waals surface area contributed by atoms with Crippen LogP contribution in [0.1, 0.15) is 56.9 Å². The lowest BCUT2D eigenvalue weighted by molar-refractivity contribution is 0.0382. The zero-order valence-corrected chi connectivity index (χ0v) is 27.0. The Balaban J connectivity index is 1.25. The number of nitrogens with one attached hydrogen (secondary N) is 3. The fraction of sp³-hybridized carbons (Fsp3) is 0.405. The van der Waals surface area contributed by atoms with Gasteiger partial charge in [0.25, 0.3) is 0 Å². The third kappa shape index (κ3) is 7.47. The monoisotopic (exact) mass is 606 g/mol. The summed E-state index contributed by atoms with van der Waals surface area (Å²) in [4.78, 5) is 16.2. The van der Waals surface area contributed by atoms with Gasteiger partial charge < -0.3 is 15.4 Å². The number of ether oxygens (including phenoxy) is 1. The molecule has 1 saturated heterocycles. The first-order chi connectivity index (χ1) is 21.7. The number of hydrogen-bond donors (Lipinski definition) is 3. The molecule has 0 radical (unpaired) electrons. The van der Waals surface area contributed by atoms with Crippen LogP contribution in [0.2, 0.25) is 0 Å². The fourth-order valence-corrected chi connectivity index (χ4v) is 6.24. The Hall–Kier alpha value is -3.98. The summed E-state index contributed by atoms with van der Waals surface area (Å²) in [5.74, 6) is 0.630. The number of fused-ring (bicyclic) bond motifs is 1. The van der Waals surface area contributed by atoms with Crippen molar-refractivity contribution in [1.29, 1.82) is 0 Å². The molecule has 2 aliphatic rings. The SMILES string of the molecule is Cc1ccc(-n2nc(C(C)(C)C)cc2NC(=O)Nc2ccc3ccccc3c2C2=CC(NCCN3CCOCC3)CCC2)cc1. The van der Waals surface area contributed by atoms with Crippen LogP contribution in [0.5, 0.6) is 0 Å². The van der Waals surface area contributed by atoms with E-state index in [9.17, 15) is 4.79 Å². The summed E-state index contributed by atoms with van der Waals surface area (Å²) in [6.07, 6.45) is 5.57. The minimum atomic E-state index is -0.295. The summed E-state index contributed by atoms with van der Waals surface area (Å²) in [5.41, 5.74) is 5.99. The van der Waals surface area contributed by atoms with Gasteiger partial charge in [-0.3, -0.25) is 10.2 Å². The second-order valence-corrected chi connectivity index (χ2v) is 13.3. The van der Waals surface area contributed by atoms with Gasteiger partial charge in [-0.1, -0.05) is 74.9 Å². The van der Waals surface area contributed by atoms with Crippen molar-refractivity contribution in [2.45, 2.75) is 58.4 Å². The van der Waals surface area contributed by atoms with Gasteiger partial charge in [0.05, 0.1) is 30.3 Å². The molecule has 3 aromatic carbocycles. The summed E-state index contributed by atoms with van der Waals surface area (Å²) in [5, 5.41) is 17.3. The van der Waals surface area contributed by atoms with E-state index in [2.05, 4.69) is 97.1 Å². The number of rotatable bonds is 8. The van der Waals surface area contributed by atoms with Gasteiger partial charge in [0.1, 0.15) is 5.82 Å². The first-order valence-electron chi connectivity index (χ1n) is 16.3. The van der Waals surface area contributed by atoms with Gasteiger partial charge >= 0.3 is 6.03 Å². The zero-order valence-electron chi connectivity index (χ0n) is 27.0. The van der Waals surface area contributed by atoms with Crippen LogP contribution in [0.15, 0.2) is 72.8 Å². The predicted molar refractivity (Wildman–Crippen MR) is 184 cm³/mol. The Morgan fingerprint density at radius 2 is 1.78 bits per heavy atom. The molecule has 0 saturated carbocycles. The molecule has 6 rings (SSSR count). The van der Waals surface area contributed by atoms with Gasteiger partial charge in [-0.25, -0.2) is 9.48 Å². The second kappa shape index (κ2) is 13.6. The normalized spacial score (nSPS) is 17.7. The van der Waals surface area contributed by atoms with Crippen LogP contribution in [-0.4, -0.2) is 66.1 Å². The van der Waals surface area contributed by atoms with E-state index in [-0.39, 0.29) is 11.4 Å². The van der Waals surface area contributed by atoms with E-state index in [0.717, 1.165) is 92.1 Å². The Labute approximate surface area is 266 Å². The fourth-order valence-electron chi connectivity index (χ4n) is 6.24. The van der Waals surface area contributed by atoms with E-state index in [1.165, 1.54) is 11.1 Å². The van der Waals surface area contributed by atoms with Gasteiger partial charge in [-0.2, -0.15) is 5.10 Å². The van der Waals surface area contributed by atoms with Crippen molar-refractivity contribution in [3.05, 3.63) is 89.6 Å². The van der Waals surface area contributed by atoms with Crippen molar-refractivity contribution >= 4 is 33.9 Å². The number of amides is 2. The molecule has 1 atom stereocenters. The lowest BCUT2D eigenvalue weighted by Crippen LogP contribution is -2.42. The van der Waals surface area contributed by atoms with Crippen LogP contribution in [0.4, 0.5) is 16.3 Å². The second-order valence-electron chi connectivity index (χ2n) is 13.3. The van der Waals surface area contributed by atoms with Crippen LogP contribution < -0.4 is 16.0 Å². The van der Waals surface area contributed by atoms with Crippen LogP contribution in [0, 0.1) is 6.92 Å². The van der Waals surface area contributed by atoms with Crippen molar-refractivity contribution in [2.24, 2.45) is 0 Å². The molecule has 0 spiro atoms. The lowest BCUT2D eigenvalue weighted by atomic mass is 9.87. The number of carbonyl (C=O) groups excluding carboxylic acids is 1. The van der Waals surface area contributed by atoms with Crippen molar-refractivity contribution < 1.29 is 9.53 Å². The minimum Gasteiger partial charge on any atom is -0.379 e. The molecule has 236 valence electrons. The topological polar surface area (TPSA) is 83.5 Å². The molecule has 4 aromatic rings. The Bertz CT molecular complexity index is 1660. The Morgan fingerprint density at radius 1 is 1.00 bits per heavy atom. The molecule has 0 bridgehead atoms. The van der Waals surface area contributed by atoms with E-state index in [1.54, 1.807) is 0 Å². The van der Waals surface area contributed by atoms with Crippen LogP contribution >= 0.6 is 0 Å². The average Bonchev–Trinajstić information content (AvgIpc) is 3.46. The highest BCUT2D eigenvalue weighted by Gasteiger charge is 2.23. The van der Waals surface area contributed by atoms with E-state index < -0.39 is 0 Å². The van der Waals surface area contributed by atoms with E-state index in [1.807, 2.05) is 28.9 Å². The Morgan fingerprint density at radius 3 is 2.56 bits per heavy atom. The van der Waals surface area contributed by atoms with Crippen molar-refractivity contribution in [2.75, 3.05) is 50.0 Å². The van der Waals surface area contributed by atoms with Crippen LogP contribution in [-0.2, 0) is 10.2 Å². The van der Waals surface area contributed by atoms with E-state index in [0.29, 0.717) is 11.9 Å². The third-order valence-electron chi connectivity index (χ3n) is 8.80. The molecule has 45 heavy (non-hydrogen) atoms. The summed E-state index contributed by atoms with van der Waals surface area (Å²) in [6, 6.07) is 22.7. The minimum absolute atomic E-state index is 0.172. The Kier molecular flexibility index (Phi) is 9.35. The molecule has 1 fully saturated rings. The zero-order chi connectivity index (χ0) is 31.4. The molecule has 1 unspecified atom stereocenters. The highest BCUT2D eigenvalue weighted by molar-refractivity contribution is 6.06. The molecule has 8 nitrogen and oxygen atoms in total. The highest BCUT2D eigenvalue weighted by Crippen LogP contribution is 2.37. The maximum Gasteiger partial charge on any atom is 0.324 e. The number of morpholine rings is 1. The van der Waals surface area contributed by atoms with Gasteiger partial charge in [-0.05, 0) is 60.7 Å². The number of aryl methyl sites for hydroxylation is 1. The summed E-state index contributed by atoms with van der Waals surface area (Å²) in [6.45, 7) is 14.1. The van der Waals surface area contributed by atoms with Crippen molar-refractivity contribution in [1.82, 2.24) is 20.0 Å². The molecule has 1 aliphatic heterocycles. The van der Waals surface area contributed by atoms with Gasteiger partial charge in [0, 0.05) is 49.3 Å². The first kappa shape index (κ1) is 31.0. The average molecular weight is 607 g/mol. The van der Waals surface area contributed by atoms with E-state index >= 15 is 0 Å². The van der Waals surface area contributed by atoms with Crippen molar-refractivity contribution in [3.8, 4) is 5.69 Å². The number of benzene rings is 3. The lowest BCUT2D eigenvalue weighted by Gasteiger charge is -2.28. The third-order valence-corrected chi connectivity index (χ3v) is 8.80. The van der Waals surface area contributed by atoms with Crippen LogP contribution in [0.25, 0.3) is 22.0 Å². The molecule has 3 N–H and O–H groups in total. The standard InChI is InChI=1S/C37H46N6O2/c1-26-12-15-30(16-13-26)43-34(25-33(41-43)37(2,3)4)40-36(44)39-32-17-14-27-8-5-6-11-31(27)35(32)28-9-7-10-29(24-28)38-18-19-42-20-22-45-23-21-42/h5-6,8,11-17,24-25,29,38H,7,9-10,18-23H2,1-4H3,(H2,39,40,44). The molecular weight excluding hydrogens is 560 g/mol. The van der Waals surface area contributed by atoms with Gasteiger partial charge in [0.15, 0.2) is 0 Å². The number of urea groups is 1. The summed E-state index contributed by atoms with van der Waals surface area (Å²) in [7, 11) is 0. The van der Waals surface area contributed by atoms with Gasteiger partial charge in [-0.15, -0.1) is 0 Å². The number of allylic oxidation sites excluding steroid dienone is 1. The van der Waals surface area contributed by atoms with Gasteiger partial charge in [0.2, 0.25) is 0 Å². The first-order valence-corrected chi connectivity index (χ1v) is 16.3. The molecule has 1 aliphatic carbocycles. The number of carbonyl (C=O) groups is 1. The molecule has 8 heteroatoms. The maximum atomic E-state index is 13.7. The van der Waals surface area contributed by atoms with Crippen molar-refractivity contribution in [3.63, 3.8) is 0 Å². The smallest absolute Gasteiger partial charge is 0.324 e. The number of aromatic nitrogens is 2. The summed E-state index contributed by atoms with van der Waals surface area (Å²) < 4.78 is 7.32. The number of nitrogens with zero attached hydrogens (tertiary/aromatic N) is 3. The quantitative estimate of drug-likeness (QED) is 0.199. The maximum absolute atomic E-state index is 13.7.